The van der Waals surface area contributed by atoms with Crippen LogP contribution in [0.15, 0.2) is 42.5 Å². The van der Waals surface area contributed by atoms with Gasteiger partial charge in [0.25, 0.3) is 11.8 Å². The van der Waals surface area contributed by atoms with Crippen molar-refractivity contribution in [2.75, 3.05) is 44.2 Å². The molecule has 2 N–H and O–H groups in total. The molecule has 2 aromatic carbocycles. The van der Waals surface area contributed by atoms with Gasteiger partial charge in [-0.2, -0.15) is 0 Å². The van der Waals surface area contributed by atoms with Gasteiger partial charge in [-0.05, 0) is 91.9 Å². The smallest absolute Gasteiger partial charge is 0.261 e. The van der Waals surface area contributed by atoms with Gasteiger partial charge in [0.15, 0.2) is 0 Å². The molecule has 0 spiro atoms. The van der Waals surface area contributed by atoms with Gasteiger partial charge in [0, 0.05) is 55.5 Å². The summed E-state index contributed by atoms with van der Waals surface area (Å²) in [5.74, 6) is -0.859. The summed E-state index contributed by atoms with van der Waals surface area (Å²) in [4.78, 5) is 67.5. The predicted molar refractivity (Wildman–Crippen MR) is 183 cm³/mol. The van der Waals surface area contributed by atoms with E-state index in [1.54, 1.807) is 13.0 Å². The second-order valence-corrected chi connectivity index (χ2v) is 14.8. The number of amides is 5. The Labute approximate surface area is 283 Å². The predicted octanol–water partition coefficient (Wildman–Crippen LogP) is 3.93. The number of anilines is 1. The lowest BCUT2D eigenvalue weighted by atomic mass is 9.52. The normalized spacial score (nSPS) is 20.8. The van der Waals surface area contributed by atoms with Crippen LogP contribution in [-0.2, 0) is 14.4 Å². The Bertz CT molecular complexity index is 1520. The molecule has 11 heteroatoms. The van der Waals surface area contributed by atoms with Crippen LogP contribution in [0.3, 0.4) is 0 Å². The number of carbonyl (C=O) groups excluding carboxylic acids is 5. The minimum absolute atomic E-state index is 0.0434. The van der Waals surface area contributed by atoms with E-state index in [4.69, 9.17) is 4.74 Å². The summed E-state index contributed by atoms with van der Waals surface area (Å²) >= 11 is 0. The van der Waals surface area contributed by atoms with Crippen LogP contribution >= 0.6 is 0 Å². The number of aryl methyl sites for hydroxylation is 1. The van der Waals surface area contributed by atoms with Crippen LogP contribution in [0, 0.1) is 17.8 Å². The maximum atomic E-state index is 13.4. The van der Waals surface area contributed by atoms with Gasteiger partial charge in [0.2, 0.25) is 18.2 Å². The number of rotatable bonds is 12. The Morgan fingerprint density at radius 2 is 1.69 bits per heavy atom. The van der Waals surface area contributed by atoms with Gasteiger partial charge in [-0.3, -0.25) is 39.1 Å². The maximum absolute atomic E-state index is 13.4. The van der Waals surface area contributed by atoms with Gasteiger partial charge in [0.05, 0.1) is 6.61 Å². The van der Waals surface area contributed by atoms with Crippen molar-refractivity contribution >= 4 is 35.7 Å². The number of piperazine rings is 1. The summed E-state index contributed by atoms with van der Waals surface area (Å²) in [7, 11) is 0. The molecule has 5 amide bonds. The number of carbonyl (C=O) groups is 5. The van der Waals surface area contributed by atoms with Crippen molar-refractivity contribution in [3.8, 4) is 5.75 Å². The van der Waals surface area contributed by atoms with Crippen molar-refractivity contribution in [2.45, 2.75) is 78.8 Å². The highest BCUT2D eigenvalue weighted by molar-refractivity contribution is 6.08. The topological polar surface area (TPSA) is 128 Å². The third-order valence-corrected chi connectivity index (χ3v) is 10.1. The van der Waals surface area contributed by atoms with Crippen LogP contribution in [0.25, 0.3) is 0 Å². The molecule has 258 valence electrons. The third kappa shape index (κ3) is 7.89. The molecule has 0 aromatic heterocycles. The standard InChI is InChI=1S/C37H49N5O6/c1-25-8-11-27(22-29(25)34(47)42(24-43)30-14-15-31(44)38-33(30)46)41-19-17-40(18-20-41)16-6-7-21-48-28-12-9-26(10-13-28)32(45)39-35-36(2,3)23-37(35,4)5/h8-13,22,24,30,35H,6-7,14-21,23H2,1-5H3,(H,39,45)(H,38,44,46). The van der Waals surface area contributed by atoms with Crippen LogP contribution in [0.4, 0.5) is 5.69 Å². The SMILES string of the molecule is Cc1ccc(N2CCN(CCCCOc3ccc(C(=O)NC4C(C)(C)CC4(C)C)cc3)CC2)cc1C(=O)N(C=O)C1CCC(=O)NC1=O. The molecule has 2 saturated heterocycles. The van der Waals surface area contributed by atoms with Gasteiger partial charge < -0.3 is 15.0 Å². The molecule has 3 aliphatic rings. The van der Waals surface area contributed by atoms with Crippen molar-refractivity contribution in [1.29, 1.82) is 0 Å². The molecular formula is C37H49N5O6. The van der Waals surface area contributed by atoms with Gasteiger partial charge in [-0.25, -0.2) is 0 Å². The molecule has 1 saturated carbocycles. The first kappa shape index (κ1) is 35.1. The molecule has 2 aromatic rings. The molecule has 5 rings (SSSR count). The molecule has 1 aliphatic carbocycles. The van der Waals surface area contributed by atoms with Gasteiger partial charge >= 0.3 is 0 Å². The van der Waals surface area contributed by atoms with E-state index in [9.17, 15) is 24.0 Å². The largest absolute Gasteiger partial charge is 0.494 e. The number of hydrogen-bond acceptors (Lipinski definition) is 8. The zero-order valence-electron chi connectivity index (χ0n) is 28.8. The molecule has 0 radical (unpaired) electrons. The van der Waals surface area contributed by atoms with Crippen molar-refractivity contribution < 1.29 is 28.7 Å². The van der Waals surface area contributed by atoms with E-state index in [0.717, 1.165) is 68.3 Å². The number of benzene rings is 2. The van der Waals surface area contributed by atoms with E-state index in [1.807, 2.05) is 36.4 Å². The second kappa shape index (κ2) is 14.5. The fourth-order valence-corrected chi connectivity index (χ4v) is 7.86. The fourth-order valence-electron chi connectivity index (χ4n) is 7.86. The lowest BCUT2D eigenvalue weighted by Gasteiger charge is -2.57. The Morgan fingerprint density at radius 3 is 2.31 bits per heavy atom. The highest BCUT2D eigenvalue weighted by Gasteiger charge is 2.53. The highest BCUT2D eigenvalue weighted by Crippen LogP contribution is 2.53. The molecule has 2 aliphatic heterocycles. The lowest BCUT2D eigenvalue weighted by Crippen LogP contribution is -2.63. The summed E-state index contributed by atoms with van der Waals surface area (Å²) in [5.41, 5.74) is 2.82. The summed E-state index contributed by atoms with van der Waals surface area (Å²) in [6.07, 6.45) is 3.58. The first-order valence-electron chi connectivity index (χ1n) is 17.0. The number of hydrogen-bond donors (Lipinski definition) is 2. The van der Waals surface area contributed by atoms with Crippen LogP contribution in [-0.4, -0.2) is 91.3 Å². The van der Waals surface area contributed by atoms with Gasteiger partial charge in [-0.1, -0.05) is 33.8 Å². The van der Waals surface area contributed by atoms with Crippen LogP contribution in [0.2, 0.25) is 0 Å². The quantitative estimate of drug-likeness (QED) is 0.199. The number of piperidine rings is 1. The Kier molecular flexibility index (Phi) is 10.6. The van der Waals surface area contributed by atoms with E-state index in [1.165, 1.54) is 0 Å². The minimum atomic E-state index is -0.999. The number of unbranched alkanes of at least 4 members (excludes halogenated alkanes) is 1. The number of nitrogens with one attached hydrogen (secondary N) is 2. The number of nitrogens with zero attached hydrogens (tertiary/aromatic N) is 3. The van der Waals surface area contributed by atoms with Crippen molar-refractivity contribution in [3.05, 3.63) is 59.2 Å². The maximum Gasteiger partial charge on any atom is 0.261 e. The first-order valence-corrected chi connectivity index (χ1v) is 17.0. The monoisotopic (exact) mass is 659 g/mol. The van der Waals surface area contributed by atoms with E-state index >= 15 is 0 Å². The van der Waals surface area contributed by atoms with E-state index in [-0.39, 0.29) is 35.6 Å². The summed E-state index contributed by atoms with van der Waals surface area (Å²) in [6, 6.07) is 12.2. The Hall–Kier alpha value is -4.25. The average Bonchev–Trinajstić information content (AvgIpc) is 3.05. The summed E-state index contributed by atoms with van der Waals surface area (Å²) < 4.78 is 5.95. The average molecular weight is 660 g/mol. The molecule has 3 fully saturated rings. The fraction of sp³-hybridized carbons (Fsp3) is 0.541. The molecule has 48 heavy (non-hydrogen) atoms. The minimum Gasteiger partial charge on any atom is -0.494 e. The van der Waals surface area contributed by atoms with Crippen LogP contribution < -0.4 is 20.3 Å². The molecule has 0 bridgehead atoms. The lowest BCUT2D eigenvalue weighted by molar-refractivity contribution is -0.139. The van der Waals surface area contributed by atoms with Gasteiger partial charge in [0.1, 0.15) is 11.8 Å². The van der Waals surface area contributed by atoms with Crippen molar-refractivity contribution in [3.63, 3.8) is 0 Å². The molecular weight excluding hydrogens is 610 g/mol. The van der Waals surface area contributed by atoms with Gasteiger partial charge in [-0.15, -0.1) is 0 Å². The van der Waals surface area contributed by atoms with Crippen molar-refractivity contribution in [1.82, 2.24) is 20.4 Å². The number of ether oxygens (including phenoxy) is 1. The van der Waals surface area contributed by atoms with E-state index in [2.05, 4.69) is 48.1 Å². The Balaban J connectivity index is 1.03. The molecule has 11 nitrogen and oxygen atoms in total. The second-order valence-electron chi connectivity index (χ2n) is 14.8. The molecule has 1 unspecified atom stereocenters. The third-order valence-electron chi connectivity index (χ3n) is 10.1. The highest BCUT2D eigenvalue weighted by atomic mass is 16.5. The van der Waals surface area contributed by atoms with E-state index < -0.39 is 23.8 Å². The van der Waals surface area contributed by atoms with Crippen LogP contribution in [0.1, 0.15) is 86.1 Å². The zero-order chi connectivity index (χ0) is 34.6. The zero-order valence-corrected chi connectivity index (χ0v) is 28.8. The Morgan fingerprint density at radius 1 is 1.00 bits per heavy atom. The molecule has 1 atom stereocenters. The summed E-state index contributed by atoms with van der Waals surface area (Å²) in [6.45, 7) is 15.5. The van der Waals surface area contributed by atoms with E-state index in [0.29, 0.717) is 29.7 Å². The van der Waals surface area contributed by atoms with Crippen molar-refractivity contribution in [2.24, 2.45) is 10.8 Å². The first-order chi connectivity index (χ1) is 22.8. The van der Waals surface area contributed by atoms with Crippen LogP contribution in [0.5, 0.6) is 5.75 Å². The molecule has 2 heterocycles. The summed E-state index contributed by atoms with van der Waals surface area (Å²) in [5, 5.41) is 5.44. The number of imide groups is 2.